The number of nitrogen functional groups attached to an aromatic ring is 1. The summed E-state index contributed by atoms with van der Waals surface area (Å²) in [4.78, 5) is 26.1. The van der Waals surface area contributed by atoms with Crippen LogP contribution >= 0.6 is 11.3 Å². The van der Waals surface area contributed by atoms with E-state index in [9.17, 15) is 14.3 Å². The minimum Gasteiger partial charge on any atom is -0.494 e. The van der Waals surface area contributed by atoms with Gasteiger partial charge in [0.2, 0.25) is 5.54 Å². The number of hydrogen-bond acceptors (Lipinski definition) is 9. The Morgan fingerprint density at radius 3 is 2.63 bits per heavy atom. The number of alkyl halides is 3. The second-order valence-corrected chi connectivity index (χ2v) is 12.4. The Balaban J connectivity index is 1.33. The lowest BCUT2D eigenvalue weighted by Crippen LogP contribution is -2.50. The van der Waals surface area contributed by atoms with E-state index >= 15 is 13.2 Å². The molecule has 4 N–H and O–H groups in total. The fourth-order valence-corrected chi connectivity index (χ4v) is 6.76. The van der Waals surface area contributed by atoms with Crippen LogP contribution in [0.2, 0.25) is 0 Å². The number of carbonyl (C=O) groups is 1. The van der Waals surface area contributed by atoms with E-state index in [2.05, 4.69) is 20.3 Å². The van der Waals surface area contributed by atoms with Crippen molar-refractivity contribution < 1.29 is 36.9 Å². The molecule has 10 nitrogen and oxygen atoms in total. The summed E-state index contributed by atoms with van der Waals surface area (Å²) >= 11 is 1.17. The Hall–Kier alpha value is -4.76. The smallest absolute Gasteiger partial charge is 0.419 e. The molecule has 15 heteroatoms. The number of methoxy groups -OCH3 is 1. The Kier molecular flexibility index (Phi) is 6.93. The van der Waals surface area contributed by atoms with Crippen molar-refractivity contribution in [1.29, 1.82) is 0 Å². The van der Waals surface area contributed by atoms with Gasteiger partial charge in [-0.3, -0.25) is 4.79 Å². The van der Waals surface area contributed by atoms with Crippen LogP contribution in [0.3, 0.4) is 0 Å². The standard InChI is InChI=1S/C31H26F4N6O4S/c1-44-21-10-17(11-22-25(21)40-28(36)46-22)27(42)38-13-29(43,18-4-5-18)23-12-20-26(24(39-23)16-2-6-19(32)7-3-16)45-14-30(20,31(33,34)35)41-9-8-37-15-41/h2-3,6-12,15,18,43H,4-5,13-14H2,1H3,(H2,36,40)(H,38,42)/t29?,30-/m0/s1. The fourth-order valence-electron chi connectivity index (χ4n) is 5.97. The molecular formula is C31H26F4N6O4S. The molecule has 2 atom stereocenters. The maximum Gasteiger partial charge on any atom is 0.419 e. The zero-order chi connectivity index (χ0) is 32.4. The number of nitrogens with one attached hydrogen (secondary N) is 1. The summed E-state index contributed by atoms with van der Waals surface area (Å²) in [5.74, 6) is -1.33. The highest BCUT2D eigenvalue weighted by Crippen LogP contribution is 2.54. The van der Waals surface area contributed by atoms with E-state index in [-0.39, 0.29) is 40.4 Å². The van der Waals surface area contributed by atoms with E-state index in [0.717, 1.165) is 23.0 Å². The van der Waals surface area contributed by atoms with E-state index < -0.39 is 41.6 Å². The zero-order valence-electron chi connectivity index (χ0n) is 24.1. The monoisotopic (exact) mass is 654 g/mol. The third-order valence-corrected chi connectivity index (χ3v) is 9.38. The number of aromatic nitrogens is 4. The predicted molar refractivity (Wildman–Crippen MR) is 160 cm³/mol. The van der Waals surface area contributed by atoms with Crippen LogP contribution in [0, 0.1) is 11.7 Å². The number of aliphatic hydroxyl groups is 1. The molecule has 46 heavy (non-hydrogen) atoms. The molecule has 2 aromatic carbocycles. The van der Waals surface area contributed by atoms with E-state index in [1.165, 1.54) is 55.1 Å². The quantitative estimate of drug-likeness (QED) is 0.199. The second kappa shape index (κ2) is 10.7. The molecule has 5 aromatic rings. The third kappa shape index (κ3) is 4.72. The lowest BCUT2D eigenvalue weighted by atomic mass is 9.85. The number of benzene rings is 2. The number of hydrogen-bond donors (Lipinski definition) is 3. The van der Waals surface area contributed by atoms with E-state index in [0.29, 0.717) is 33.9 Å². The average Bonchev–Trinajstić information content (AvgIpc) is 3.40. The van der Waals surface area contributed by atoms with Crippen molar-refractivity contribution in [2.45, 2.75) is 30.2 Å². The Labute approximate surface area is 262 Å². The summed E-state index contributed by atoms with van der Waals surface area (Å²) in [6, 6.07) is 9.36. The summed E-state index contributed by atoms with van der Waals surface area (Å²) in [5, 5.41) is 15.3. The van der Waals surface area contributed by atoms with Crippen LogP contribution in [-0.4, -0.2) is 57.0 Å². The normalized spacial score (nSPS) is 19.0. The molecule has 1 aliphatic carbocycles. The van der Waals surface area contributed by atoms with Gasteiger partial charge in [0.25, 0.3) is 5.91 Å². The molecule has 1 unspecified atom stereocenters. The maximum absolute atomic E-state index is 15.1. The van der Waals surface area contributed by atoms with Crippen molar-refractivity contribution >= 4 is 32.6 Å². The summed E-state index contributed by atoms with van der Waals surface area (Å²) in [6.45, 7) is -1.17. The van der Waals surface area contributed by atoms with Gasteiger partial charge in [-0.1, -0.05) is 11.3 Å². The van der Waals surface area contributed by atoms with Crippen molar-refractivity contribution in [2.75, 3.05) is 26.0 Å². The van der Waals surface area contributed by atoms with E-state index in [1.54, 1.807) is 6.07 Å². The number of carbonyl (C=O) groups excluding carboxylic acids is 1. The lowest BCUT2D eigenvalue weighted by Gasteiger charge is -2.33. The number of nitrogens with zero attached hydrogens (tertiary/aromatic N) is 4. The molecule has 3 aromatic heterocycles. The number of nitrogens with two attached hydrogens (primary N) is 1. The Morgan fingerprint density at radius 1 is 1.22 bits per heavy atom. The van der Waals surface area contributed by atoms with Crippen LogP contribution in [-0.2, 0) is 11.1 Å². The highest BCUT2D eigenvalue weighted by Gasteiger charge is 2.63. The summed E-state index contributed by atoms with van der Waals surface area (Å²) < 4.78 is 71.9. The summed E-state index contributed by atoms with van der Waals surface area (Å²) in [7, 11) is 1.44. The average molecular weight is 655 g/mol. The minimum absolute atomic E-state index is 0.00196. The molecule has 0 saturated heterocycles. The molecule has 0 bridgehead atoms. The highest BCUT2D eigenvalue weighted by molar-refractivity contribution is 7.22. The third-order valence-electron chi connectivity index (χ3n) is 8.55. The van der Waals surface area contributed by atoms with Gasteiger partial charge >= 0.3 is 6.18 Å². The second-order valence-electron chi connectivity index (χ2n) is 11.3. The first-order valence-electron chi connectivity index (χ1n) is 14.2. The molecule has 7 rings (SSSR count). The van der Waals surface area contributed by atoms with Gasteiger partial charge in [0, 0.05) is 29.1 Å². The fraction of sp³-hybridized carbons (Fsp3) is 0.290. The largest absolute Gasteiger partial charge is 0.494 e. The van der Waals surface area contributed by atoms with Crippen LogP contribution in [0.25, 0.3) is 21.5 Å². The topological polar surface area (TPSA) is 137 Å². The molecule has 1 fully saturated rings. The van der Waals surface area contributed by atoms with Crippen LogP contribution in [0.1, 0.15) is 34.5 Å². The molecular weight excluding hydrogens is 628 g/mol. The first-order chi connectivity index (χ1) is 21.9. The highest BCUT2D eigenvalue weighted by atomic mass is 32.1. The number of amides is 1. The first kappa shape index (κ1) is 29.9. The van der Waals surface area contributed by atoms with Crippen molar-refractivity contribution in [3.8, 4) is 22.8 Å². The van der Waals surface area contributed by atoms with Crippen molar-refractivity contribution in [1.82, 2.24) is 24.8 Å². The predicted octanol–water partition coefficient (Wildman–Crippen LogP) is 5.01. The number of fused-ring (bicyclic) bond motifs is 2. The summed E-state index contributed by atoms with van der Waals surface area (Å²) in [5.41, 5.74) is 1.92. The SMILES string of the molecule is COc1cc(C(=O)NCC(O)(c2cc3c(c(-c4ccc(F)cc4)n2)OC[C@@]3(n2ccnc2)C(F)(F)F)C2CC2)cc2sc(N)nc12. The number of anilines is 1. The van der Waals surface area contributed by atoms with Gasteiger partial charge in [-0.05, 0) is 61.2 Å². The minimum atomic E-state index is -4.86. The van der Waals surface area contributed by atoms with Crippen LogP contribution in [0.5, 0.6) is 11.5 Å². The van der Waals surface area contributed by atoms with Gasteiger partial charge in [0.1, 0.15) is 35.0 Å². The van der Waals surface area contributed by atoms with Gasteiger partial charge in [-0.25, -0.2) is 19.3 Å². The Morgan fingerprint density at radius 2 is 1.98 bits per heavy atom. The lowest BCUT2D eigenvalue weighted by molar-refractivity contribution is -0.202. The number of ether oxygens (including phenoxy) is 2. The molecule has 1 amide bonds. The van der Waals surface area contributed by atoms with Crippen molar-refractivity contribution in [2.24, 2.45) is 5.92 Å². The number of halogens is 4. The molecule has 1 saturated carbocycles. The number of pyridine rings is 1. The molecule has 0 radical (unpaired) electrons. The van der Waals surface area contributed by atoms with Crippen molar-refractivity contribution in [3.63, 3.8) is 0 Å². The van der Waals surface area contributed by atoms with Gasteiger partial charge < -0.3 is 30.2 Å². The number of imidazole rings is 1. The molecule has 0 spiro atoms. The molecule has 2 aliphatic rings. The number of thiazole rings is 1. The molecule has 1 aliphatic heterocycles. The van der Waals surface area contributed by atoms with E-state index in [4.69, 9.17) is 15.2 Å². The van der Waals surface area contributed by atoms with E-state index in [1.807, 2.05) is 0 Å². The molecule has 4 heterocycles. The van der Waals surface area contributed by atoms with Crippen LogP contribution in [0.4, 0.5) is 22.7 Å². The van der Waals surface area contributed by atoms with Crippen LogP contribution in [0.15, 0.2) is 61.2 Å². The van der Waals surface area contributed by atoms with Crippen molar-refractivity contribution in [3.05, 3.63) is 83.8 Å². The van der Waals surface area contributed by atoms with Gasteiger partial charge in [0.05, 0.1) is 30.4 Å². The van der Waals surface area contributed by atoms with Gasteiger partial charge in [-0.15, -0.1) is 0 Å². The van der Waals surface area contributed by atoms with Gasteiger partial charge in [0.15, 0.2) is 10.9 Å². The van der Waals surface area contributed by atoms with Crippen LogP contribution < -0.4 is 20.5 Å². The summed E-state index contributed by atoms with van der Waals surface area (Å²) in [6.07, 6.45) is -0.269. The molecule has 238 valence electrons. The Bertz CT molecular complexity index is 1960. The first-order valence-corrected chi connectivity index (χ1v) is 15.0. The maximum atomic E-state index is 15.1. The number of rotatable bonds is 8. The zero-order valence-corrected chi connectivity index (χ0v) is 25.0. The van der Waals surface area contributed by atoms with Gasteiger partial charge in [-0.2, -0.15) is 13.2 Å².